The lowest BCUT2D eigenvalue weighted by Gasteiger charge is -2.40. The van der Waals surface area contributed by atoms with E-state index >= 15 is 0 Å². The van der Waals surface area contributed by atoms with Crippen LogP contribution in [0.5, 0.6) is 0 Å². The summed E-state index contributed by atoms with van der Waals surface area (Å²) in [5.74, 6) is -2.99. The minimum Gasteiger partial charge on any atom is -0.344 e. The lowest BCUT2D eigenvalue weighted by molar-refractivity contribution is -0.355. The molecule has 0 unspecified atom stereocenters. The number of fused-ring (bicyclic) bond motifs is 1. The highest BCUT2D eigenvalue weighted by Gasteiger charge is 2.57. The van der Waals surface area contributed by atoms with E-state index in [9.17, 15) is 14.0 Å². The fourth-order valence-electron chi connectivity index (χ4n) is 2.59. The molecule has 2 fully saturated rings. The van der Waals surface area contributed by atoms with Crippen LogP contribution < -0.4 is 11.2 Å². The molecule has 8 heteroatoms. The van der Waals surface area contributed by atoms with Gasteiger partial charge in [0.1, 0.15) is 18.9 Å². The van der Waals surface area contributed by atoms with Gasteiger partial charge in [-0.15, -0.1) is 0 Å². The second-order valence-corrected chi connectivity index (χ2v) is 5.87. The first-order chi connectivity index (χ1) is 9.70. The Labute approximate surface area is 119 Å². The largest absolute Gasteiger partial charge is 0.344 e. The Bertz CT molecular complexity index is 682. The number of nitrogens with one attached hydrogen (secondary N) is 1. The zero-order valence-corrected chi connectivity index (χ0v) is 12.0. The Kier molecular flexibility index (Phi) is 3.09. The lowest BCUT2D eigenvalue weighted by Crippen LogP contribution is -2.53. The maximum Gasteiger partial charge on any atom is 0.330 e. The normalized spacial score (nSPS) is 34.7. The van der Waals surface area contributed by atoms with Gasteiger partial charge in [-0.25, -0.2) is 9.18 Å². The number of nitrogens with zero attached hydrogens (tertiary/aromatic N) is 1. The molecular formula is C13H17FN2O5. The molecule has 0 aromatic carbocycles. The van der Waals surface area contributed by atoms with E-state index in [1.807, 2.05) is 0 Å². The third kappa shape index (κ3) is 2.43. The van der Waals surface area contributed by atoms with Crippen LogP contribution >= 0.6 is 0 Å². The smallest absolute Gasteiger partial charge is 0.330 e. The van der Waals surface area contributed by atoms with Gasteiger partial charge in [0.15, 0.2) is 5.79 Å². The average Bonchev–Trinajstić information content (AvgIpc) is 2.70. The molecule has 0 saturated carbocycles. The van der Waals surface area contributed by atoms with E-state index in [-0.39, 0.29) is 13.0 Å². The third-order valence-corrected chi connectivity index (χ3v) is 3.73. The zero-order valence-electron chi connectivity index (χ0n) is 12.0. The van der Waals surface area contributed by atoms with Crippen molar-refractivity contribution in [2.45, 2.75) is 51.2 Å². The number of hydrogen-bond donors (Lipinski definition) is 1. The molecule has 3 atom stereocenters. The van der Waals surface area contributed by atoms with Crippen LogP contribution in [0.1, 0.15) is 32.1 Å². The highest BCUT2D eigenvalue weighted by atomic mass is 19.2. The lowest BCUT2D eigenvalue weighted by atomic mass is 10.1. The Balaban J connectivity index is 1.92. The molecular weight excluding hydrogens is 283 g/mol. The Hall–Kier alpha value is -1.51. The molecule has 0 amide bonds. The topological polar surface area (TPSA) is 82.6 Å². The second kappa shape index (κ2) is 4.49. The van der Waals surface area contributed by atoms with E-state index in [0.717, 1.165) is 0 Å². The van der Waals surface area contributed by atoms with Gasteiger partial charge in [-0.05, 0) is 20.8 Å². The van der Waals surface area contributed by atoms with Crippen LogP contribution in [0, 0.1) is 6.92 Å². The van der Waals surface area contributed by atoms with Gasteiger partial charge < -0.3 is 14.2 Å². The van der Waals surface area contributed by atoms with Gasteiger partial charge in [-0.1, -0.05) is 0 Å². The summed E-state index contributed by atoms with van der Waals surface area (Å²) in [5.41, 5.74) is -0.765. The highest BCUT2D eigenvalue weighted by Crippen LogP contribution is 2.44. The van der Waals surface area contributed by atoms with Crippen molar-refractivity contribution in [2.75, 3.05) is 6.61 Å². The van der Waals surface area contributed by atoms with Crippen molar-refractivity contribution >= 4 is 0 Å². The molecule has 1 N–H and O–H groups in total. The summed E-state index contributed by atoms with van der Waals surface area (Å²) in [6.07, 6.45) is -0.154. The van der Waals surface area contributed by atoms with Gasteiger partial charge in [0, 0.05) is 18.2 Å². The molecule has 0 bridgehead atoms. The number of rotatable bonds is 1. The molecule has 1 aromatic rings. The summed E-state index contributed by atoms with van der Waals surface area (Å²) >= 11 is 0. The second-order valence-electron chi connectivity index (χ2n) is 5.87. The van der Waals surface area contributed by atoms with Crippen molar-refractivity contribution < 1.29 is 18.6 Å². The van der Waals surface area contributed by atoms with E-state index in [1.54, 1.807) is 20.8 Å². The van der Waals surface area contributed by atoms with Gasteiger partial charge in [0.25, 0.3) is 11.4 Å². The minimum atomic E-state index is -2.09. The molecule has 3 heterocycles. The number of H-pyrrole nitrogens is 1. The van der Waals surface area contributed by atoms with Crippen molar-refractivity contribution in [3.63, 3.8) is 0 Å². The minimum absolute atomic E-state index is 0.161. The first-order valence-electron chi connectivity index (χ1n) is 6.71. The maximum atomic E-state index is 14.7. The molecule has 2 saturated heterocycles. The molecule has 2 aliphatic heterocycles. The maximum absolute atomic E-state index is 14.7. The van der Waals surface area contributed by atoms with Crippen LogP contribution in [-0.2, 0) is 14.2 Å². The Morgan fingerprint density at radius 2 is 2.10 bits per heavy atom. The summed E-state index contributed by atoms with van der Waals surface area (Å²) in [7, 11) is 0. The zero-order chi connectivity index (χ0) is 15.4. The van der Waals surface area contributed by atoms with Crippen molar-refractivity contribution in [2.24, 2.45) is 0 Å². The van der Waals surface area contributed by atoms with Crippen LogP contribution in [0.2, 0.25) is 0 Å². The van der Waals surface area contributed by atoms with Crippen LogP contribution in [0.15, 0.2) is 15.8 Å². The fourth-order valence-corrected chi connectivity index (χ4v) is 2.59. The van der Waals surface area contributed by atoms with Crippen LogP contribution in [0.3, 0.4) is 0 Å². The standard InChI is InChI=1S/C13H17FN2O5/c1-7-5-16(11(18)15-10(7)17)9-4-8-13(14,21-9)6-19-12(2,3)20-8/h5,8-9H,4,6H2,1-3H3,(H,15,17,18)/t8-,9+,13-/m0/s1. The van der Waals surface area contributed by atoms with E-state index in [4.69, 9.17) is 14.2 Å². The van der Waals surface area contributed by atoms with E-state index < -0.39 is 35.2 Å². The van der Waals surface area contributed by atoms with Crippen molar-refractivity contribution in [3.8, 4) is 0 Å². The predicted molar refractivity (Wildman–Crippen MR) is 69.5 cm³/mol. The van der Waals surface area contributed by atoms with E-state index in [0.29, 0.717) is 5.56 Å². The number of halogens is 1. The van der Waals surface area contributed by atoms with Crippen LogP contribution in [0.25, 0.3) is 0 Å². The molecule has 3 rings (SSSR count). The van der Waals surface area contributed by atoms with Crippen molar-refractivity contribution in [3.05, 3.63) is 32.6 Å². The highest BCUT2D eigenvalue weighted by molar-refractivity contribution is 5.03. The summed E-state index contributed by atoms with van der Waals surface area (Å²) in [6, 6.07) is 0. The van der Waals surface area contributed by atoms with Gasteiger partial charge in [0.2, 0.25) is 0 Å². The van der Waals surface area contributed by atoms with Gasteiger partial charge in [0.05, 0.1) is 0 Å². The average molecular weight is 300 g/mol. The first kappa shape index (κ1) is 14.4. The third-order valence-electron chi connectivity index (χ3n) is 3.73. The Morgan fingerprint density at radius 3 is 2.81 bits per heavy atom. The molecule has 0 aliphatic carbocycles. The van der Waals surface area contributed by atoms with Gasteiger partial charge in [-0.2, -0.15) is 0 Å². The number of hydrogen-bond acceptors (Lipinski definition) is 5. The van der Waals surface area contributed by atoms with Gasteiger partial charge in [-0.3, -0.25) is 14.3 Å². The van der Waals surface area contributed by atoms with Crippen LogP contribution in [-0.4, -0.2) is 33.9 Å². The summed E-state index contributed by atoms with van der Waals surface area (Å²) in [4.78, 5) is 25.4. The van der Waals surface area contributed by atoms with Crippen molar-refractivity contribution in [1.82, 2.24) is 9.55 Å². The molecule has 7 nitrogen and oxygen atoms in total. The summed E-state index contributed by atoms with van der Waals surface area (Å²) in [5, 5.41) is 0. The predicted octanol–water partition coefficient (Wildman–Crippen LogP) is 0.581. The van der Waals surface area contributed by atoms with Crippen LogP contribution in [0.4, 0.5) is 4.39 Å². The van der Waals surface area contributed by atoms with E-state index in [1.165, 1.54) is 10.8 Å². The molecule has 0 spiro atoms. The SMILES string of the molecule is Cc1cn([C@H]2C[C@@H]3OC(C)(C)OC[C@]3(F)O2)c(=O)[nH]c1=O. The van der Waals surface area contributed by atoms with Crippen molar-refractivity contribution in [1.29, 1.82) is 0 Å². The molecule has 116 valence electrons. The molecule has 0 radical (unpaired) electrons. The summed E-state index contributed by atoms with van der Waals surface area (Å²) < 4.78 is 32.0. The first-order valence-corrected chi connectivity index (χ1v) is 6.71. The number of alkyl halides is 1. The fraction of sp³-hybridized carbons (Fsp3) is 0.692. The quantitative estimate of drug-likeness (QED) is 0.820. The van der Waals surface area contributed by atoms with Gasteiger partial charge >= 0.3 is 5.69 Å². The summed E-state index contributed by atoms with van der Waals surface area (Å²) in [6.45, 7) is 4.68. The monoisotopic (exact) mass is 300 g/mol. The number of ether oxygens (including phenoxy) is 3. The number of aryl methyl sites for hydroxylation is 1. The van der Waals surface area contributed by atoms with E-state index in [2.05, 4.69) is 4.98 Å². The number of aromatic amines is 1. The number of aromatic nitrogens is 2. The Morgan fingerprint density at radius 1 is 1.38 bits per heavy atom. The molecule has 1 aromatic heterocycles. The molecule has 21 heavy (non-hydrogen) atoms. The molecule has 2 aliphatic rings.